The number of rotatable bonds is 2. The van der Waals surface area contributed by atoms with Crippen LogP contribution in [0.25, 0.3) is 0 Å². The first kappa shape index (κ1) is 17.0. The van der Waals surface area contributed by atoms with Crippen molar-refractivity contribution in [1.29, 1.82) is 0 Å². The van der Waals surface area contributed by atoms with Gasteiger partial charge in [0, 0.05) is 11.6 Å². The zero-order valence-corrected chi connectivity index (χ0v) is 14.9. The lowest BCUT2D eigenvalue weighted by molar-refractivity contribution is -0.117. The summed E-state index contributed by atoms with van der Waals surface area (Å²) in [5, 5.41) is 3.15. The molecular formula is C22H29NO. The van der Waals surface area contributed by atoms with Gasteiger partial charge in [0.1, 0.15) is 0 Å². The van der Waals surface area contributed by atoms with Crippen LogP contribution in [0.3, 0.4) is 0 Å². The van der Waals surface area contributed by atoms with E-state index in [-0.39, 0.29) is 11.8 Å². The van der Waals surface area contributed by atoms with Crippen molar-refractivity contribution in [1.82, 2.24) is 0 Å². The molecule has 1 N–H and O–H groups in total. The van der Waals surface area contributed by atoms with Gasteiger partial charge in [-0.05, 0) is 87.5 Å². The van der Waals surface area contributed by atoms with Crippen molar-refractivity contribution < 1.29 is 4.79 Å². The topological polar surface area (TPSA) is 29.1 Å². The van der Waals surface area contributed by atoms with E-state index in [9.17, 15) is 4.79 Å². The molecule has 1 amide bonds. The van der Waals surface area contributed by atoms with Crippen molar-refractivity contribution in [3.05, 3.63) is 53.6 Å². The lowest BCUT2D eigenvalue weighted by Crippen LogP contribution is -2.15. The van der Waals surface area contributed by atoms with Gasteiger partial charge in [-0.3, -0.25) is 4.79 Å². The predicted molar refractivity (Wildman–Crippen MR) is 101 cm³/mol. The minimum absolute atomic E-state index is 0.203. The number of allylic oxidation sites excluding steroid dienone is 4. The largest absolute Gasteiger partial charge is 0.326 e. The summed E-state index contributed by atoms with van der Waals surface area (Å²) in [5.74, 6) is 1.55. The Hall–Kier alpha value is -1.83. The molecule has 2 nitrogen and oxygen atoms in total. The minimum atomic E-state index is 0.203. The average Bonchev–Trinajstić information content (AvgIpc) is 3.23. The average molecular weight is 323 g/mol. The van der Waals surface area contributed by atoms with Crippen LogP contribution in [0.4, 0.5) is 5.69 Å². The maximum absolute atomic E-state index is 12.7. The van der Waals surface area contributed by atoms with Crippen LogP contribution in [0.5, 0.6) is 0 Å². The molecule has 0 saturated heterocycles. The highest BCUT2D eigenvalue weighted by atomic mass is 16.2. The zero-order valence-electron chi connectivity index (χ0n) is 14.9. The van der Waals surface area contributed by atoms with Crippen LogP contribution in [0.2, 0.25) is 0 Å². The maximum atomic E-state index is 12.7. The number of nitrogens with one attached hydrogen (secondary N) is 1. The van der Waals surface area contributed by atoms with E-state index in [2.05, 4.69) is 55.6 Å². The standard InChI is InChI=1S/C22H29NO/c1-16-13-14-18(15-17(16)2)23-22(24)21-19-11-9-7-5-3-4-6-8-10-12-20(19)21/h5-8,13-15,19-21H,3-4,9-12H2,1-2H3,(H,23,24)/b7-5-,8-6+/t19-,20+,21?/m0/s1. The van der Waals surface area contributed by atoms with Crippen molar-refractivity contribution in [2.45, 2.75) is 52.4 Å². The van der Waals surface area contributed by atoms with Crippen molar-refractivity contribution in [2.24, 2.45) is 17.8 Å². The molecule has 24 heavy (non-hydrogen) atoms. The number of hydrogen-bond acceptors (Lipinski definition) is 1. The molecule has 2 aliphatic carbocycles. The first-order valence-electron chi connectivity index (χ1n) is 9.35. The Morgan fingerprint density at radius 3 is 2.04 bits per heavy atom. The fraction of sp³-hybridized carbons (Fsp3) is 0.500. The Balaban J connectivity index is 1.62. The van der Waals surface area contributed by atoms with Gasteiger partial charge in [0.05, 0.1) is 0 Å². The molecule has 3 rings (SSSR count). The molecule has 2 heteroatoms. The number of fused-ring (bicyclic) bond motifs is 1. The zero-order chi connectivity index (χ0) is 16.9. The molecule has 128 valence electrons. The first-order chi connectivity index (χ1) is 11.7. The highest BCUT2D eigenvalue weighted by Gasteiger charge is 2.52. The molecule has 0 aliphatic heterocycles. The summed E-state index contributed by atoms with van der Waals surface area (Å²) >= 11 is 0. The SMILES string of the molecule is Cc1ccc(NC(=O)C2[C@H]3CC/C=C\CC/C=C/CC[C@@H]23)cc1C. The smallest absolute Gasteiger partial charge is 0.228 e. The van der Waals surface area contributed by atoms with E-state index in [0.717, 1.165) is 44.2 Å². The number of anilines is 1. The highest BCUT2D eigenvalue weighted by Crippen LogP contribution is 2.52. The lowest BCUT2D eigenvalue weighted by atomic mass is 10.1. The van der Waals surface area contributed by atoms with Gasteiger partial charge < -0.3 is 5.32 Å². The van der Waals surface area contributed by atoms with Crippen molar-refractivity contribution in [2.75, 3.05) is 5.32 Å². The summed E-state index contributed by atoms with van der Waals surface area (Å²) in [7, 11) is 0. The van der Waals surface area contributed by atoms with E-state index in [1.54, 1.807) is 0 Å². The van der Waals surface area contributed by atoms with Gasteiger partial charge in [0.2, 0.25) is 5.91 Å². The fourth-order valence-electron chi connectivity index (χ4n) is 3.91. The molecule has 1 aromatic carbocycles. The van der Waals surface area contributed by atoms with Gasteiger partial charge in [0.25, 0.3) is 0 Å². The number of carbonyl (C=O) groups excluding carboxylic acids is 1. The first-order valence-corrected chi connectivity index (χ1v) is 9.35. The highest BCUT2D eigenvalue weighted by molar-refractivity contribution is 5.95. The van der Waals surface area contributed by atoms with Crippen LogP contribution >= 0.6 is 0 Å². The molecule has 1 fully saturated rings. The Morgan fingerprint density at radius 1 is 0.875 bits per heavy atom. The summed E-state index contributed by atoms with van der Waals surface area (Å²) in [4.78, 5) is 12.7. The molecule has 1 aromatic rings. The van der Waals surface area contributed by atoms with Crippen molar-refractivity contribution in [3.63, 3.8) is 0 Å². The van der Waals surface area contributed by atoms with Gasteiger partial charge >= 0.3 is 0 Å². The van der Waals surface area contributed by atoms with Crippen LogP contribution in [0.1, 0.15) is 49.7 Å². The third kappa shape index (κ3) is 4.17. The quantitative estimate of drug-likeness (QED) is 0.708. The van der Waals surface area contributed by atoms with Gasteiger partial charge in [0.15, 0.2) is 0 Å². The molecule has 0 bridgehead atoms. The summed E-state index contributed by atoms with van der Waals surface area (Å²) in [5.41, 5.74) is 3.43. The lowest BCUT2D eigenvalue weighted by Gasteiger charge is -2.07. The number of aryl methyl sites for hydroxylation is 2. The van der Waals surface area contributed by atoms with Gasteiger partial charge in [-0.25, -0.2) is 0 Å². The van der Waals surface area contributed by atoms with Crippen LogP contribution in [-0.2, 0) is 4.79 Å². The summed E-state index contributed by atoms with van der Waals surface area (Å²) in [6.07, 6.45) is 16.0. The molecule has 1 unspecified atom stereocenters. The number of carbonyl (C=O) groups is 1. The normalized spacial score (nSPS) is 29.5. The van der Waals surface area contributed by atoms with E-state index in [0.29, 0.717) is 11.8 Å². The molecule has 2 aliphatic rings. The number of amides is 1. The third-order valence-corrected chi connectivity index (χ3v) is 5.58. The summed E-state index contributed by atoms with van der Waals surface area (Å²) < 4.78 is 0. The Labute approximate surface area is 146 Å². The van der Waals surface area contributed by atoms with Gasteiger partial charge in [-0.15, -0.1) is 0 Å². The van der Waals surface area contributed by atoms with E-state index in [4.69, 9.17) is 0 Å². The van der Waals surface area contributed by atoms with Crippen LogP contribution in [0, 0.1) is 31.6 Å². The summed E-state index contributed by atoms with van der Waals surface area (Å²) in [6, 6.07) is 6.17. The van der Waals surface area contributed by atoms with E-state index >= 15 is 0 Å². The van der Waals surface area contributed by atoms with E-state index < -0.39 is 0 Å². The molecule has 1 saturated carbocycles. The second-order valence-electron chi connectivity index (χ2n) is 7.32. The monoisotopic (exact) mass is 323 g/mol. The van der Waals surface area contributed by atoms with E-state index in [1.165, 1.54) is 11.1 Å². The van der Waals surface area contributed by atoms with Crippen molar-refractivity contribution in [3.8, 4) is 0 Å². The number of benzene rings is 1. The fourth-order valence-corrected chi connectivity index (χ4v) is 3.91. The summed E-state index contributed by atoms with van der Waals surface area (Å²) in [6.45, 7) is 4.19. The van der Waals surface area contributed by atoms with Crippen molar-refractivity contribution >= 4 is 11.6 Å². The molecule has 3 atom stereocenters. The third-order valence-electron chi connectivity index (χ3n) is 5.58. The minimum Gasteiger partial charge on any atom is -0.326 e. The molecule has 0 heterocycles. The Kier molecular flexibility index (Phi) is 5.55. The van der Waals surface area contributed by atoms with Crippen LogP contribution in [0.15, 0.2) is 42.5 Å². The molecule has 0 aromatic heterocycles. The van der Waals surface area contributed by atoms with E-state index in [1.807, 2.05) is 6.07 Å². The Bertz CT molecular complexity index is 619. The molecule has 0 spiro atoms. The maximum Gasteiger partial charge on any atom is 0.228 e. The van der Waals surface area contributed by atoms with Crippen LogP contribution < -0.4 is 5.32 Å². The van der Waals surface area contributed by atoms with Crippen LogP contribution in [-0.4, -0.2) is 5.91 Å². The predicted octanol–water partition coefficient (Wildman–Crippen LogP) is 5.57. The second kappa shape index (κ2) is 7.83. The molecular weight excluding hydrogens is 294 g/mol. The van der Waals surface area contributed by atoms with Gasteiger partial charge in [-0.1, -0.05) is 30.4 Å². The van der Waals surface area contributed by atoms with Gasteiger partial charge in [-0.2, -0.15) is 0 Å². The Morgan fingerprint density at radius 2 is 1.46 bits per heavy atom. The molecule has 0 radical (unpaired) electrons. The number of hydrogen-bond donors (Lipinski definition) is 1. The second-order valence-corrected chi connectivity index (χ2v) is 7.32.